The van der Waals surface area contributed by atoms with Crippen molar-refractivity contribution >= 4 is 38.3 Å². The van der Waals surface area contributed by atoms with Gasteiger partial charge in [-0.3, -0.25) is 4.79 Å². The summed E-state index contributed by atoms with van der Waals surface area (Å²) in [6, 6.07) is 7.57. The number of aromatic nitrogens is 2. The van der Waals surface area contributed by atoms with Crippen molar-refractivity contribution < 1.29 is 9.32 Å². The van der Waals surface area contributed by atoms with Gasteiger partial charge < -0.3 is 14.7 Å². The highest BCUT2D eigenvalue weighted by molar-refractivity contribution is 7.22. The third-order valence-electron chi connectivity index (χ3n) is 4.75. The summed E-state index contributed by atoms with van der Waals surface area (Å²) in [6.45, 7) is 2.16. The number of nitrogens with zero attached hydrogens (tertiary/aromatic N) is 3. The Morgan fingerprint density at radius 3 is 2.88 bits per heavy atom. The zero-order valence-electron chi connectivity index (χ0n) is 13.7. The van der Waals surface area contributed by atoms with Crippen molar-refractivity contribution in [3.05, 3.63) is 35.7 Å². The molecule has 25 heavy (non-hydrogen) atoms. The summed E-state index contributed by atoms with van der Waals surface area (Å²) in [6.07, 6.45) is 4.71. The van der Waals surface area contributed by atoms with E-state index >= 15 is 0 Å². The van der Waals surface area contributed by atoms with E-state index in [1.54, 1.807) is 17.4 Å². The normalized spacial score (nSPS) is 17.4. The Kier molecular flexibility index (Phi) is 3.48. The molecule has 3 aromatic rings. The molecule has 0 radical (unpaired) electrons. The second kappa shape index (κ2) is 5.84. The molecule has 1 saturated heterocycles. The van der Waals surface area contributed by atoms with Crippen LogP contribution in [0.4, 0.5) is 10.8 Å². The number of carbonyl (C=O) groups excluding carboxylic acids is 1. The molecule has 5 rings (SSSR count). The quantitative estimate of drug-likeness (QED) is 0.766. The second-order valence-electron chi connectivity index (χ2n) is 6.72. The first-order valence-corrected chi connectivity index (χ1v) is 9.51. The summed E-state index contributed by atoms with van der Waals surface area (Å²) in [5, 5.41) is 7.87. The van der Waals surface area contributed by atoms with Gasteiger partial charge in [-0.25, -0.2) is 4.98 Å². The van der Waals surface area contributed by atoms with E-state index < -0.39 is 0 Å². The SMILES string of the molecule is O=C(Nc1ccc2nc(N3CCCC3)sc2c1)c1cc(C2CC2)on1. The standard InChI is InChI=1S/C18H18N4O2S/c23-17(14-10-15(24-21-14)11-3-4-11)19-12-5-6-13-16(9-12)25-18(20-13)22-7-1-2-8-22/h5-6,9-11H,1-4,7-8H2,(H,19,23). The fourth-order valence-corrected chi connectivity index (χ4v) is 4.24. The van der Waals surface area contributed by atoms with Crippen LogP contribution in [-0.4, -0.2) is 29.1 Å². The van der Waals surface area contributed by atoms with Gasteiger partial charge in [-0.1, -0.05) is 16.5 Å². The highest BCUT2D eigenvalue weighted by Crippen LogP contribution is 2.40. The summed E-state index contributed by atoms with van der Waals surface area (Å²) in [7, 11) is 0. The number of nitrogens with one attached hydrogen (secondary N) is 1. The largest absolute Gasteiger partial charge is 0.360 e. The monoisotopic (exact) mass is 354 g/mol. The molecule has 1 aliphatic heterocycles. The lowest BCUT2D eigenvalue weighted by Gasteiger charge is -2.11. The highest BCUT2D eigenvalue weighted by Gasteiger charge is 2.29. The van der Waals surface area contributed by atoms with Gasteiger partial charge in [0, 0.05) is 30.8 Å². The zero-order valence-corrected chi connectivity index (χ0v) is 14.5. The minimum absolute atomic E-state index is 0.237. The van der Waals surface area contributed by atoms with Crippen LogP contribution in [0.2, 0.25) is 0 Å². The average molecular weight is 354 g/mol. The number of benzene rings is 1. The molecule has 1 aromatic carbocycles. The van der Waals surface area contributed by atoms with E-state index in [9.17, 15) is 4.79 Å². The maximum Gasteiger partial charge on any atom is 0.277 e. The van der Waals surface area contributed by atoms with Gasteiger partial charge in [0.1, 0.15) is 5.76 Å². The van der Waals surface area contributed by atoms with E-state index in [0.717, 1.165) is 52.7 Å². The van der Waals surface area contributed by atoms with Crippen molar-refractivity contribution in [3.8, 4) is 0 Å². The first-order valence-electron chi connectivity index (χ1n) is 8.70. The van der Waals surface area contributed by atoms with Crippen molar-refractivity contribution in [2.45, 2.75) is 31.6 Å². The molecule has 7 heteroatoms. The molecule has 2 aliphatic rings. The van der Waals surface area contributed by atoms with Crippen LogP contribution in [0, 0.1) is 0 Å². The fraction of sp³-hybridized carbons (Fsp3) is 0.389. The Hall–Kier alpha value is -2.41. The summed E-state index contributed by atoms with van der Waals surface area (Å²) >= 11 is 1.68. The molecule has 1 aliphatic carbocycles. The van der Waals surface area contributed by atoms with Gasteiger partial charge >= 0.3 is 0 Å². The van der Waals surface area contributed by atoms with Crippen LogP contribution in [0.25, 0.3) is 10.2 Å². The Balaban J connectivity index is 1.35. The number of anilines is 2. The van der Waals surface area contributed by atoms with Gasteiger partial charge in [0.2, 0.25) is 0 Å². The highest BCUT2D eigenvalue weighted by atomic mass is 32.1. The molecule has 1 N–H and O–H groups in total. The predicted molar refractivity (Wildman–Crippen MR) is 97.5 cm³/mol. The summed E-state index contributed by atoms with van der Waals surface area (Å²) in [5.74, 6) is 1.03. The van der Waals surface area contributed by atoms with Gasteiger partial charge in [-0.2, -0.15) is 0 Å². The van der Waals surface area contributed by atoms with Crippen LogP contribution in [0.5, 0.6) is 0 Å². The number of amides is 1. The third-order valence-corrected chi connectivity index (χ3v) is 5.83. The van der Waals surface area contributed by atoms with Gasteiger partial charge in [0.15, 0.2) is 10.8 Å². The van der Waals surface area contributed by atoms with Crippen molar-refractivity contribution in [2.24, 2.45) is 0 Å². The molecule has 0 atom stereocenters. The van der Waals surface area contributed by atoms with E-state index in [-0.39, 0.29) is 5.91 Å². The number of hydrogen-bond acceptors (Lipinski definition) is 6. The molecule has 0 bridgehead atoms. The van der Waals surface area contributed by atoms with Crippen LogP contribution in [0.3, 0.4) is 0 Å². The summed E-state index contributed by atoms with van der Waals surface area (Å²) < 4.78 is 6.34. The number of rotatable bonds is 4. The average Bonchev–Trinajstić information content (AvgIpc) is 3.08. The third kappa shape index (κ3) is 2.89. The predicted octanol–water partition coefficient (Wildman–Crippen LogP) is 4.01. The number of carbonyl (C=O) groups is 1. The molecule has 2 fully saturated rings. The number of fused-ring (bicyclic) bond motifs is 1. The van der Waals surface area contributed by atoms with E-state index in [1.165, 1.54) is 12.8 Å². The number of thiazole rings is 1. The molecule has 0 spiro atoms. The molecule has 1 saturated carbocycles. The van der Waals surface area contributed by atoms with Crippen molar-refractivity contribution in [3.63, 3.8) is 0 Å². The van der Waals surface area contributed by atoms with E-state index in [4.69, 9.17) is 9.51 Å². The second-order valence-corrected chi connectivity index (χ2v) is 7.73. The van der Waals surface area contributed by atoms with Gasteiger partial charge in [0.05, 0.1) is 10.2 Å². The van der Waals surface area contributed by atoms with Crippen molar-refractivity contribution in [1.82, 2.24) is 10.1 Å². The molecule has 6 nitrogen and oxygen atoms in total. The smallest absolute Gasteiger partial charge is 0.277 e. The number of hydrogen-bond donors (Lipinski definition) is 1. The Bertz CT molecular complexity index is 938. The minimum atomic E-state index is -0.237. The Labute approximate surface area is 148 Å². The van der Waals surface area contributed by atoms with Crippen LogP contribution in [-0.2, 0) is 0 Å². The molecular formula is C18H18N4O2S. The van der Waals surface area contributed by atoms with E-state index in [2.05, 4.69) is 15.4 Å². The maximum atomic E-state index is 12.4. The summed E-state index contributed by atoms with van der Waals surface area (Å²) in [5.41, 5.74) is 2.07. The van der Waals surface area contributed by atoms with Crippen LogP contribution < -0.4 is 10.2 Å². The first-order chi connectivity index (χ1) is 12.3. The molecular weight excluding hydrogens is 336 g/mol. The van der Waals surface area contributed by atoms with Gasteiger partial charge in [-0.05, 0) is 43.9 Å². The van der Waals surface area contributed by atoms with Gasteiger partial charge in [-0.15, -0.1) is 0 Å². The zero-order chi connectivity index (χ0) is 16.8. The molecule has 128 valence electrons. The van der Waals surface area contributed by atoms with Gasteiger partial charge in [0.25, 0.3) is 5.91 Å². The Morgan fingerprint density at radius 2 is 2.08 bits per heavy atom. The van der Waals surface area contributed by atoms with Crippen LogP contribution >= 0.6 is 11.3 Å². The van der Waals surface area contributed by atoms with Crippen molar-refractivity contribution in [2.75, 3.05) is 23.3 Å². The molecule has 0 unspecified atom stereocenters. The fourth-order valence-electron chi connectivity index (χ4n) is 3.19. The lowest BCUT2D eigenvalue weighted by atomic mass is 10.2. The van der Waals surface area contributed by atoms with E-state index in [1.807, 2.05) is 18.2 Å². The van der Waals surface area contributed by atoms with Crippen LogP contribution in [0.1, 0.15) is 47.8 Å². The lowest BCUT2D eigenvalue weighted by Crippen LogP contribution is -2.16. The minimum Gasteiger partial charge on any atom is -0.360 e. The Morgan fingerprint density at radius 1 is 1.24 bits per heavy atom. The lowest BCUT2D eigenvalue weighted by molar-refractivity contribution is 0.101. The topological polar surface area (TPSA) is 71.3 Å². The van der Waals surface area contributed by atoms with E-state index in [0.29, 0.717) is 11.6 Å². The summed E-state index contributed by atoms with van der Waals surface area (Å²) in [4.78, 5) is 19.4. The van der Waals surface area contributed by atoms with Crippen molar-refractivity contribution in [1.29, 1.82) is 0 Å². The maximum absolute atomic E-state index is 12.4. The molecule has 1 amide bonds. The van der Waals surface area contributed by atoms with Crippen LogP contribution in [0.15, 0.2) is 28.8 Å². The first kappa shape index (κ1) is 14.9. The molecule has 3 heterocycles. The molecule has 2 aromatic heterocycles.